The molecule has 9 heteroatoms. The van der Waals surface area contributed by atoms with Crippen molar-refractivity contribution in [2.45, 2.75) is 25.6 Å². The highest BCUT2D eigenvalue weighted by Gasteiger charge is 2.35. The molecule has 110 valence electrons. The summed E-state index contributed by atoms with van der Waals surface area (Å²) in [5.41, 5.74) is -3.95. The molecule has 1 aromatic carbocycles. The number of aliphatic carboxylic acids is 1. The van der Waals surface area contributed by atoms with Crippen molar-refractivity contribution < 1.29 is 32.7 Å². The van der Waals surface area contributed by atoms with Gasteiger partial charge < -0.3 is 9.84 Å². The molecule has 6 nitrogen and oxygen atoms in total. The first kappa shape index (κ1) is 15.7. The van der Waals surface area contributed by atoms with E-state index in [2.05, 4.69) is 0 Å². The van der Waals surface area contributed by atoms with Crippen molar-refractivity contribution in [3.05, 3.63) is 33.9 Å². The van der Waals surface area contributed by atoms with Gasteiger partial charge >= 0.3 is 12.1 Å². The first-order valence-electron chi connectivity index (χ1n) is 5.22. The van der Waals surface area contributed by atoms with Gasteiger partial charge in [-0.15, -0.1) is 0 Å². The molecule has 0 aromatic heterocycles. The minimum absolute atomic E-state index is 0.348. The number of hydrogen-bond acceptors (Lipinski definition) is 4. The smallest absolute Gasteiger partial charge is 0.416 e. The zero-order chi connectivity index (χ0) is 15.7. The van der Waals surface area contributed by atoms with Gasteiger partial charge in [-0.3, -0.25) is 10.1 Å². The van der Waals surface area contributed by atoms with Crippen LogP contribution in [0.25, 0.3) is 0 Å². The Morgan fingerprint density at radius 2 is 1.85 bits per heavy atom. The summed E-state index contributed by atoms with van der Waals surface area (Å²) in [5, 5.41) is 19.4. The van der Waals surface area contributed by atoms with Crippen LogP contribution >= 0.6 is 0 Å². The molecule has 0 radical (unpaired) electrons. The van der Waals surface area contributed by atoms with Gasteiger partial charge in [0.1, 0.15) is 5.75 Å². The third kappa shape index (κ3) is 3.59. The maximum absolute atomic E-state index is 12.6. The number of carboxylic acid groups (broad SMARTS) is 1. The Bertz CT molecular complexity index is 553. The molecule has 0 aliphatic heterocycles. The number of nitro groups is 1. The van der Waals surface area contributed by atoms with Gasteiger partial charge in [0.25, 0.3) is 5.69 Å². The predicted octanol–water partition coefficient (Wildman–Crippen LogP) is 2.86. The molecule has 0 atom stereocenters. The predicted molar refractivity (Wildman–Crippen MR) is 60.4 cm³/mol. The van der Waals surface area contributed by atoms with Gasteiger partial charge in [0, 0.05) is 6.07 Å². The summed E-state index contributed by atoms with van der Waals surface area (Å²) >= 11 is 0. The van der Waals surface area contributed by atoms with E-state index in [1.54, 1.807) is 0 Å². The molecule has 0 aliphatic rings. The Kier molecular flexibility index (Phi) is 3.92. The Morgan fingerprint density at radius 3 is 2.25 bits per heavy atom. The van der Waals surface area contributed by atoms with E-state index in [9.17, 15) is 28.1 Å². The first-order chi connectivity index (χ1) is 8.93. The van der Waals surface area contributed by atoms with Crippen LogP contribution in [0.3, 0.4) is 0 Å². The van der Waals surface area contributed by atoms with Crippen LogP contribution in [0.5, 0.6) is 5.75 Å². The number of carboxylic acids is 1. The molecule has 0 saturated heterocycles. The molecule has 0 heterocycles. The topological polar surface area (TPSA) is 89.7 Å². The lowest BCUT2D eigenvalue weighted by Gasteiger charge is -2.22. The van der Waals surface area contributed by atoms with E-state index < -0.39 is 39.7 Å². The zero-order valence-corrected chi connectivity index (χ0v) is 10.4. The van der Waals surface area contributed by atoms with Crippen LogP contribution in [0, 0.1) is 10.1 Å². The maximum Gasteiger partial charge on any atom is 0.416 e. The summed E-state index contributed by atoms with van der Waals surface area (Å²) < 4.78 is 42.7. The molecule has 0 unspecified atom stereocenters. The summed E-state index contributed by atoms with van der Waals surface area (Å²) in [6.45, 7) is 2.23. The number of non-ortho nitro benzene ring substituents is 1. The first-order valence-corrected chi connectivity index (χ1v) is 5.22. The number of carbonyl (C=O) groups is 1. The lowest BCUT2D eigenvalue weighted by molar-refractivity contribution is -0.385. The number of rotatable bonds is 4. The Hall–Kier alpha value is -2.32. The van der Waals surface area contributed by atoms with Crippen LogP contribution in [0.15, 0.2) is 18.2 Å². The summed E-state index contributed by atoms with van der Waals surface area (Å²) in [6, 6.07) is 1.60. The zero-order valence-electron chi connectivity index (χ0n) is 10.4. The van der Waals surface area contributed by atoms with Gasteiger partial charge in [-0.1, -0.05) is 0 Å². The van der Waals surface area contributed by atoms with Crippen molar-refractivity contribution >= 4 is 11.7 Å². The van der Waals surface area contributed by atoms with Crippen molar-refractivity contribution in [3.8, 4) is 5.75 Å². The largest absolute Gasteiger partial charge is 0.478 e. The Labute approximate surface area is 110 Å². The third-order valence-corrected chi connectivity index (χ3v) is 2.32. The van der Waals surface area contributed by atoms with E-state index in [1.165, 1.54) is 0 Å². The average Bonchev–Trinajstić information content (AvgIpc) is 2.26. The monoisotopic (exact) mass is 293 g/mol. The molecule has 1 N–H and O–H groups in total. The summed E-state index contributed by atoms with van der Waals surface area (Å²) in [4.78, 5) is 20.4. The highest BCUT2D eigenvalue weighted by atomic mass is 19.4. The van der Waals surface area contributed by atoms with Crippen LogP contribution in [-0.2, 0) is 11.0 Å². The highest BCUT2D eigenvalue weighted by molar-refractivity contribution is 5.76. The normalized spacial score (nSPS) is 12.1. The van der Waals surface area contributed by atoms with E-state index in [4.69, 9.17) is 9.84 Å². The molecule has 0 fully saturated rings. The third-order valence-electron chi connectivity index (χ3n) is 2.32. The van der Waals surface area contributed by atoms with Gasteiger partial charge in [-0.05, 0) is 19.9 Å². The van der Waals surface area contributed by atoms with Crippen LogP contribution in [0.1, 0.15) is 19.4 Å². The van der Waals surface area contributed by atoms with Crippen molar-refractivity contribution in [1.29, 1.82) is 0 Å². The molecule has 0 saturated carbocycles. The lowest BCUT2D eigenvalue weighted by atomic mass is 10.1. The fourth-order valence-electron chi connectivity index (χ4n) is 1.25. The average molecular weight is 293 g/mol. The van der Waals surface area contributed by atoms with Crippen LogP contribution in [-0.4, -0.2) is 21.6 Å². The van der Waals surface area contributed by atoms with E-state index in [0.29, 0.717) is 12.1 Å². The van der Waals surface area contributed by atoms with Crippen LogP contribution < -0.4 is 4.74 Å². The molecular weight excluding hydrogens is 283 g/mol. The lowest BCUT2D eigenvalue weighted by Crippen LogP contribution is -2.37. The number of alkyl halides is 3. The van der Waals surface area contributed by atoms with Gasteiger partial charge in [0.15, 0.2) is 5.60 Å². The van der Waals surface area contributed by atoms with Crippen molar-refractivity contribution in [3.63, 3.8) is 0 Å². The molecule has 1 rings (SSSR count). The molecule has 0 bridgehead atoms. The fraction of sp³-hybridized carbons (Fsp3) is 0.364. The second-order valence-corrected chi connectivity index (χ2v) is 4.39. The van der Waals surface area contributed by atoms with E-state index in [1.807, 2.05) is 0 Å². The Balaban J connectivity index is 3.30. The van der Waals surface area contributed by atoms with Gasteiger partial charge in [0.05, 0.1) is 16.6 Å². The van der Waals surface area contributed by atoms with Crippen molar-refractivity contribution in [2.75, 3.05) is 0 Å². The van der Waals surface area contributed by atoms with E-state index in [-0.39, 0.29) is 0 Å². The molecule has 0 spiro atoms. The number of nitrogens with zero attached hydrogens (tertiary/aromatic N) is 1. The second-order valence-electron chi connectivity index (χ2n) is 4.39. The molecule has 0 amide bonds. The SMILES string of the molecule is CC(C)(Oc1cc([N+](=O)[O-])cc(C(F)(F)F)c1)C(=O)O. The summed E-state index contributed by atoms with van der Waals surface area (Å²) in [6.07, 6.45) is -4.81. The number of halogens is 3. The van der Waals surface area contributed by atoms with E-state index >= 15 is 0 Å². The van der Waals surface area contributed by atoms with E-state index in [0.717, 1.165) is 19.9 Å². The van der Waals surface area contributed by atoms with Gasteiger partial charge in [0.2, 0.25) is 0 Å². The number of nitro benzene ring substituents is 1. The fourth-order valence-corrected chi connectivity index (χ4v) is 1.25. The number of benzene rings is 1. The Morgan fingerprint density at radius 1 is 1.30 bits per heavy atom. The second kappa shape index (κ2) is 4.99. The van der Waals surface area contributed by atoms with Crippen LogP contribution in [0.2, 0.25) is 0 Å². The van der Waals surface area contributed by atoms with Gasteiger partial charge in [-0.25, -0.2) is 4.79 Å². The summed E-state index contributed by atoms with van der Waals surface area (Å²) in [7, 11) is 0. The molecule has 20 heavy (non-hydrogen) atoms. The maximum atomic E-state index is 12.6. The summed E-state index contributed by atoms with van der Waals surface area (Å²) in [5.74, 6) is -1.96. The van der Waals surface area contributed by atoms with Gasteiger partial charge in [-0.2, -0.15) is 13.2 Å². The van der Waals surface area contributed by atoms with Crippen molar-refractivity contribution in [2.24, 2.45) is 0 Å². The molecule has 0 aliphatic carbocycles. The molecule has 1 aromatic rings. The number of ether oxygens (including phenoxy) is 1. The highest BCUT2D eigenvalue weighted by Crippen LogP contribution is 2.35. The standard InChI is InChI=1S/C11H10F3NO5/c1-10(2,9(16)17)20-8-4-6(11(12,13)14)3-7(5-8)15(18)19/h3-5H,1-2H3,(H,16,17). The van der Waals surface area contributed by atoms with Crippen LogP contribution in [0.4, 0.5) is 18.9 Å². The molecular formula is C11H10F3NO5. The van der Waals surface area contributed by atoms with Crippen molar-refractivity contribution in [1.82, 2.24) is 0 Å². The quantitative estimate of drug-likeness (QED) is 0.681. The minimum atomic E-state index is -4.81. The minimum Gasteiger partial charge on any atom is -0.478 e. The number of hydrogen-bond donors (Lipinski definition) is 1.